The van der Waals surface area contributed by atoms with Gasteiger partial charge in [-0.2, -0.15) is 12.6 Å². The van der Waals surface area contributed by atoms with Crippen molar-refractivity contribution in [2.75, 3.05) is 12.4 Å². The molecule has 0 saturated carbocycles. The van der Waals surface area contributed by atoms with Crippen molar-refractivity contribution in [3.05, 3.63) is 29.8 Å². The van der Waals surface area contributed by atoms with E-state index in [0.29, 0.717) is 12.2 Å². The molecule has 0 aliphatic rings. The van der Waals surface area contributed by atoms with Gasteiger partial charge in [0.1, 0.15) is 0 Å². The molecular formula is C9H10F2OS. The van der Waals surface area contributed by atoms with E-state index in [1.165, 1.54) is 18.2 Å². The molecule has 0 aromatic heterocycles. The van der Waals surface area contributed by atoms with Crippen LogP contribution in [0.4, 0.5) is 8.78 Å². The number of thiol groups is 1. The summed E-state index contributed by atoms with van der Waals surface area (Å²) in [6.07, 6.45) is 0.664. The average Bonchev–Trinajstić information content (AvgIpc) is 2.10. The van der Waals surface area contributed by atoms with Crippen molar-refractivity contribution in [2.45, 2.75) is 6.42 Å². The van der Waals surface area contributed by atoms with Crippen molar-refractivity contribution in [3.8, 4) is 5.75 Å². The van der Waals surface area contributed by atoms with E-state index in [9.17, 15) is 8.78 Å². The SMILES string of the molecule is Fc1cccc(F)c1OCCCS. The lowest BCUT2D eigenvalue weighted by Gasteiger charge is -2.06. The molecule has 0 N–H and O–H groups in total. The normalized spacial score (nSPS) is 10.1. The van der Waals surface area contributed by atoms with E-state index in [4.69, 9.17) is 4.74 Å². The van der Waals surface area contributed by atoms with Crippen molar-refractivity contribution in [1.29, 1.82) is 0 Å². The molecule has 0 fully saturated rings. The van der Waals surface area contributed by atoms with Gasteiger partial charge >= 0.3 is 0 Å². The molecule has 0 amide bonds. The highest BCUT2D eigenvalue weighted by molar-refractivity contribution is 7.80. The lowest BCUT2D eigenvalue weighted by atomic mass is 10.3. The first kappa shape index (κ1) is 10.3. The van der Waals surface area contributed by atoms with Gasteiger partial charge in [-0.1, -0.05) is 6.07 Å². The number of halogens is 2. The Bertz CT molecular complexity index is 258. The first-order valence-electron chi connectivity index (χ1n) is 3.93. The molecular weight excluding hydrogens is 194 g/mol. The van der Waals surface area contributed by atoms with Gasteiger partial charge in [0.25, 0.3) is 0 Å². The van der Waals surface area contributed by atoms with Gasteiger partial charge in [0.05, 0.1) is 6.61 Å². The Kier molecular flexibility index (Phi) is 4.02. The van der Waals surface area contributed by atoms with Crippen LogP contribution in [0.25, 0.3) is 0 Å². The lowest BCUT2D eigenvalue weighted by Crippen LogP contribution is -2.01. The zero-order chi connectivity index (χ0) is 9.68. The number of benzene rings is 1. The van der Waals surface area contributed by atoms with Crippen LogP contribution in [0, 0.1) is 11.6 Å². The van der Waals surface area contributed by atoms with E-state index in [1.54, 1.807) is 0 Å². The fraction of sp³-hybridized carbons (Fsp3) is 0.333. The molecule has 0 unspecified atom stereocenters. The van der Waals surface area contributed by atoms with Gasteiger partial charge in [0.2, 0.25) is 0 Å². The van der Waals surface area contributed by atoms with Crippen molar-refractivity contribution >= 4 is 12.6 Å². The molecule has 1 rings (SSSR count). The molecule has 0 heterocycles. The number of ether oxygens (including phenoxy) is 1. The summed E-state index contributed by atoms with van der Waals surface area (Å²) in [6.45, 7) is 0.279. The number of hydrogen-bond donors (Lipinski definition) is 1. The molecule has 13 heavy (non-hydrogen) atoms. The predicted molar refractivity (Wildman–Crippen MR) is 50.3 cm³/mol. The summed E-state index contributed by atoms with van der Waals surface area (Å²) >= 11 is 3.95. The smallest absolute Gasteiger partial charge is 0.190 e. The van der Waals surface area contributed by atoms with Gasteiger partial charge in [-0.15, -0.1) is 0 Å². The van der Waals surface area contributed by atoms with Crippen LogP contribution in [0.1, 0.15) is 6.42 Å². The second-order valence-corrected chi connectivity index (χ2v) is 2.92. The van der Waals surface area contributed by atoms with Gasteiger partial charge in [0, 0.05) is 0 Å². The Hall–Kier alpha value is -0.770. The van der Waals surface area contributed by atoms with Gasteiger partial charge < -0.3 is 4.74 Å². The molecule has 4 heteroatoms. The highest BCUT2D eigenvalue weighted by Crippen LogP contribution is 2.20. The van der Waals surface area contributed by atoms with Gasteiger partial charge in [-0.25, -0.2) is 8.78 Å². The summed E-state index contributed by atoms with van der Waals surface area (Å²) in [5.74, 6) is -1.00. The molecule has 0 aliphatic carbocycles. The van der Waals surface area contributed by atoms with Gasteiger partial charge in [-0.3, -0.25) is 0 Å². The maximum absolute atomic E-state index is 12.9. The Morgan fingerprint density at radius 2 is 1.85 bits per heavy atom. The third-order valence-corrected chi connectivity index (χ3v) is 1.78. The van der Waals surface area contributed by atoms with E-state index >= 15 is 0 Å². The standard InChI is InChI=1S/C9H10F2OS/c10-7-3-1-4-8(11)9(7)12-5-2-6-13/h1,3-4,13H,2,5-6H2. The molecule has 0 aliphatic heterocycles. The minimum absolute atomic E-state index is 0.279. The number of hydrogen-bond acceptors (Lipinski definition) is 2. The van der Waals surface area contributed by atoms with E-state index in [-0.39, 0.29) is 12.4 Å². The molecule has 0 saturated heterocycles. The van der Waals surface area contributed by atoms with E-state index < -0.39 is 11.6 Å². The van der Waals surface area contributed by atoms with E-state index in [1.807, 2.05) is 0 Å². The van der Waals surface area contributed by atoms with Crippen LogP contribution in [0.3, 0.4) is 0 Å². The zero-order valence-electron chi connectivity index (χ0n) is 6.96. The summed E-state index contributed by atoms with van der Waals surface area (Å²) in [4.78, 5) is 0. The zero-order valence-corrected chi connectivity index (χ0v) is 7.86. The summed E-state index contributed by atoms with van der Waals surface area (Å²) in [6, 6.07) is 3.63. The van der Waals surface area contributed by atoms with Crippen LogP contribution in [-0.2, 0) is 0 Å². The molecule has 0 spiro atoms. The average molecular weight is 204 g/mol. The first-order chi connectivity index (χ1) is 6.25. The summed E-state index contributed by atoms with van der Waals surface area (Å²) < 4.78 is 30.7. The maximum atomic E-state index is 12.9. The highest BCUT2D eigenvalue weighted by atomic mass is 32.1. The van der Waals surface area contributed by atoms with Gasteiger partial charge in [-0.05, 0) is 24.3 Å². The number of para-hydroxylation sites is 1. The second kappa shape index (κ2) is 5.07. The van der Waals surface area contributed by atoms with Crippen LogP contribution in [0.2, 0.25) is 0 Å². The molecule has 0 bridgehead atoms. The van der Waals surface area contributed by atoms with Crippen molar-refractivity contribution < 1.29 is 13.5 Å². The summed E-state index contributed by atoms with van der Waals surface area (Å²) in [7, 11) is 0. The van der Waals surface area contributed by atoms with Crippen LogP contribution in [0.15, 0.2) is 18.2 Å². The minimum atomic E-state index is -0.667. The van der Waals surface area contributed by atoms with Crippen LogP contribution in [0.5, 0.6) is 5.75 Å². The van der Waals surface area contributed by atoms with Crippen LogP contribution < -0.4 is 4.74 Å². The minimum Gasteiger partial charge on any atom is -0.488 e. The molecule has 1 nitrogen and oxygen atoms in total. The first-order valence-corrected chi connectivity index (χ1v) is 4.56. The fourth-order valence-electron chi connectivity index (χ4n) is 0.859. The van der Waals surface area contributed by atoms with Crippen LogP contribution >= 0.6 is 12.6 Å². The molecule has 72 valence electrons. The molecule has 1 aromatic rings. The van der Waals surface area contributed by atoms with Crippen molar-refractivity contribution in [2.24, 2.45) is 0 Å². The van der Waals surface area contributed by atoms with Crippen LogP contribution in [-0.4, -0.2) is 12.4 Å². The Labute approximate surface area is 81.1 Å². The largest absolute Gasteiger partial charge is 0.488 e. The second-order valence-electron chi connectivity index (χ2n) is 2.48. The predicted octanol–water partition coefficient (Wildman–Crippen LogP) is 2.66. The quantitative estimate of drug-likeness (QED) is 0.586. The third-order valence-electron chi connectivity index (χ3n) is 1.47. The highest BCUT2D eigenvalue weighted by Gasteiger charge is 2.08. The van der Waals surface area contributed by atoms with E-state index in [2.05, 4.69) is 12.6 Å². The topological polar surface area (TPSA) is 9.23 Å². The Balaban J connectivity index is 2.64. The summed E-state index contributed by atoms with van der Waals surface area (Å²) in [5, 5.41) is 0. The van der Waals surface area contributed by atoms with Gasteiger partial charge in [0.15, 0.2) is 17.4 Å². The molecule has 1 aromatic carbocycles. The van der Waals surface area contributed by atoms with Crippen molar-refractivity contribution in [1.82, 2.24) is 0 Å². The Morgan fingerprint density at radius 1 is 1.23 bits per heavy atom. The molecule has 0 radical (unpaired) electrons. The third kappa shape index (κ3) is 2.88. The number of rotatable bonds is 4. The Morgan fingerprint density at radius 3 is 2.38 bits per heavy atom. The molecule has 0 atom stereocenters. The maximum Gasteiger partial charge on any atom is 0.190 e. The van der Waals surface area contributed by atoms with Crippen molar-refractivity contribution in [3.63, 3.8) is 0 Å². The fourth-order valence-corrected chi connectivity index (χ4v) is 0.988. The summed E-state index contributed by atoms with van der Waals surface area (Å²) in [5.41, 5.74) is 0. The van der Waals surface area contributed by atoms with E-state index in [0.717, 1.165) is 0 Å². The lowest BCUT2D eigenvalue weighted by molar-refractivity contribution is 0.286. The monoisotopic (exact) mass is 204 g/mol.